The largest absolute Gasteiger partial charge is 0.415 e. The molecule has 0 atom stereocenters. The van der Waals surface area contributed by atoms with Crippen LogP contribution >= 0.6 is 0 Å². The zero-order valence-corrected chi connectivity index (χ0v) is 15.7. The van der Waals surface area contributed by atoms with Gasteiger partial charge in [-0.15, -0.1) is 0 Å². The number of ether oxygens (including phenoxy) is 1. The maximum atomic E-state index is 12.4. The van der Waals surface area contributed by atoms with Gasteiger partial charge in [0.2, 0.25) is 0 Å². The predicted molar refractivity (Wildman–Crippen MR) is 105 cm³/mol. The molecule has 0 saturated carbocycles. The molecule has 1 saturated heterocycles. The number of benzene rings is 2. The SMILES string of the molecule is CN(C)c1ccc(C(=O)NC2CCN(C(=O)Oc3ccccc3)CC2)cc1. The van der Waals surface area contributed by atoms with Crippen molar-refractivity contribution < 1.29 is 14.3 Å². The van der Waals surface area contributed by atoms with Crippen LogP contribution in [0.5, 0.6) is 5.75 Å². The molecule has 3 rings (SSSR count). The van der Waals surface area contributed by atoms with Crippen LogP contribution in [0, 0.1) is 0 Å². The number of carbonyl (C=O) groups excluding carboxylic acids is 2. The van der Waals surface area contributed by atoms with E-state index in [1.165, 1.54) is 0 Å². The summed E-state index contributed by atoms with van der Waals surface area (Å²) < 4.78 is 5.37. The van der Waals surface area contributed by atoms with Gasteiger partial charge in [-0.25, -0.2) is 4.79 Å². The standard InChI is InChI=1S/C21H25N3O3/c1-23(2)18-10-8-16(9-11-18)20(25)22-17-12-14-24(15-13-17)21(26)27-19-6-4-3-5-7-19/h3-11,17H,12-15H2,1-2H3,(H,22,25). The van der Waals surface area contributed by atoms with E-state index >= 15 is 0 Å². The Balaban J connectivity index is 1.47. The third-order valence-electron chi connectivity index (χ3n) is 4.68. The Morgan fingerprint density at radius 1 is 1.00 bits per heavy atom. The van der Waals surface area contributed by atoms with E-state index in [1.807, 2.05) is 61.5 Å². The van der Waals surface area contributed by atoms with Crippen molar-refractivity contribution in [2.75, 3.05) is 32.1 Å². The molecule has 1 N–H and O–H groups in total. The molecule has 0 bridgehead atoms. The molecular weight excluding hydrogens is 342 g/mol. The van der Waals surface area contributed by atoms with Gasteiger partial charge in [0, 0.05) is 44.5 Å². The molecule has 0 aromatic heterocycles. The van der Waals surface area contributed by atoms with Crippen LogP contribution in [-0.4, -0.2) is 50.1 Å². The van der Waals surface area contributed by atoms with Crippen LogP contribution < -0.4 is 15.0 Å². The van der Waals surface area contributed by atoms with Gasteiger partial charge >= 0.3 is 6.09 Å². The van der Waals surface area contributed by atoms with Crippen molar-refractivity contribution in [1.82, 2.24) is 10.2 Å². The number of carbonyl (C=O) groups is 2. The zero-order valence-electron chi connectivity index (χ0n) is 15.7. The molecule has 6 heteroatoms. The Morgan fingerprint density at radius 3 is 2.22 bits per heavy atom. The average Bonchev–Trinajstić information content (AvgIpc) is 2.69. The lowest BCUT2D eigenvalue weighted by Gasteiger charge is -2.31. The summed E-state index contributed by atoms with van der Waals surface area (Å²) in [5.74, 6) is 0.463. The van der Waals surface area contributed by atoms with Gasteiger partial charge in [0.25, 0.3) is 5.91 Å². The van der Waals surface area contributed by atoms with Gasteiger partial charge in [-0.3, -0.25) is 4.79 Å². The Morgan fingerprint density at radius 2 is 1.63 bits per heavy atom. The number of nitrogens with zero attached hydrogens (tertiary/aromatic N) is 2. The molecule has 1 aliphatic heterocycles. The number of hydrogen-bond donors (Lipinski definition) is 1. The summed E-state index contributed by atoms with van der Waals surface area (Å²) in [4.78, 5) is 28.3. The quantitative estimate of drug-likeness (QED) is 0.902. The number of piperidine rings is 1. The third-order valence-corrected chi connectivity index (χ3v) is 4.68. The van der Waals surface area contributed by atoms with Crippen LogP contribution in [0.1, 0.15) is 23.2 Å². The number of nitrogens with one attached hydrogen (secondary N) is 1. The molecule has 2 amide bonds. The molecule has 27 heavy (non-hydrogen) atoms. The highest BCUT2D eigenvalue weighted by molar-refractivity contribution is 5.94. The molecule has 1 aliphatic rings. The number of hydrogen-bond acceptors (Lipinski definition) is 4. The summed E-state index contributed by atoms with van der Waals surface area (Å²) in [6.45, 7) is 1.13. The summed E-state index contributed by atoms with van der Waals surface area (Å²) in [5.41, 5.74) is 1.70. The van der Waals surface area contributed by atoms with Crippen molar-refractivity contribution in [3.63, 3.8) is 0 Å². The molecule has 0 radical (unpaired) electrons. The molecule has 1 heterocycles. The second-order valence-corrected chi connectivity index (χ2v) is 6.86. The minimum Gasteiger partial charge on any atom is -0.410 e. The second kappa shape index (κ2) is 8.58. The number of para-hydroxylation sites is 1. The van der Waals surface area contributed by atoms with Gasteiger partial charge in [0.15, 0.2) is 0 Å². The van der Waals surface area contributed by atoms with Crippen molar-refractivity contribution in [3.05, 3.63) is 60.2 Å². The third kappa shape index (κ3) is 5.00. The summed E-state index contributed by atoms with van der Waals surface area (Å²) in [6, 6.07) is 16.6. The van der Waals surface area contributed by atoms with Crippen molar-refractivity contribution >= 4 is 17.7 Å². The molecule has 0 unspecified atom stereocenters. The van der Waals surface area contributed by atoms with Crippen molar-refractivity contribution in [2.24, 2.45) is 0 Å². The zero-order chi connectivity index (χ0) is 19.2. The highest BCUT2D eigenvalue weighted by Crippen LogP contribution is 2.16. The van der Waals surface area contributed by atoms with E-state index in [9.17, 15) is 9.59 Å². The first kappa shape index (κ1) is 18.8. The highest BCUT2D eigenvalue weighted by Gasteiger charge is 2.25. The summed E-state index contributed by atoms with van der Waals surface area (Å²) in [6.07, 6.45) is 1.09. The molecule has 0 aliphatic carbocycles. The van der Waals surface area contributed by atoms with E-state index in [4.69, 9.17) is 4.74 Å². The van der Waals surface area contributed by atoms with E-state index in [2.05, 4.69) is 5.32 Å². The Labute approximate surface area is 159 Å². The molecular formula is C21H25N3O3. The topological polar surface area (TPSA) is 61.9 Å². The molecule has 6 nitrogen and oxygen atoms in total. The smallest absolute Gasteiger partial charge is 0.410 e. The fourth-order valence-electron chi connectivity index (χ4n) is 3.04. The lowest BCUT2D eigenvalue weighted by molar-refractivity contribution is 0.0910. The fraction of sp³-hybridized carbons (Fsp3) is 0.333. The van der Waals surface area contributed by atoms with E-state index < -0.39 is 0 Å². The van der Waals surface area contributed by atoms with Crippen LogP contribution in [0.2, 0.25) is 0 Å². The molecule has 2 aromatic carbocycles. The molecule has 1 fully saturated rings. The average molecular weight is 367 g/mol. The van der Waals surface area contributed by atoms with E-state index in [-0.39, 0.29) is 18.0 Å². The van der Waals surface area contributed by atoms with Gasteiger partial charge in [0.1, 0.15) is 5.75 Å². The lowest BCUT2D eigenvalue weighted by Crippen LogP contribution is -2.47. The van der Waals surface area contributed by atoms with Crippen LogP contribution in [0.25, 0.3) is 0 Å². The van der Waals surface area contributed by atoms with Crippen molar-refractivity contribution in [3.8, 4) is 5.75 Å². The Bertz CT molecular complexity index is 767. The van der Waals surface area contributed by atoms with Gasteiger partial charge in [-0.05, 0) is 49.2 Å². The monoisotopic (exact) mass is 367 g/mol. The number of rotatable bonds is 4. The van der Waals surface area contributed by atoms with Crippen LogP contribution in [-0.2, 0) is 0 Å². The minimum absolute atomic E-state index is 0.0619. The van der Waals surface area contributed by atoms with Gasteiger partial charge in [-0.2, -0.15) is 0 Å². The van der Waals surface area contributed by atoms with Crippen molar-refractivity contribution in [1.29, 1.82) is 0 Å². The lowest BCUT2D eigenvalue weighted by atomic mass is 10.0. The normalized spacial score (nSPS) is 14.5. The second-order valence-electron chi connectivity index (χ2n) is 6.86. The Kier molecular flexibility index (Phi) is 5.96. The van der Waals surface area contributed by atoms with Crippen LogP contribution in [0.15, 0.2) is 54.6 Å². The van der Waals surface area contributed by atoms with E-state index in [0.29, 0.717) is 37.2 Å². The molecule has 142 valence electrons. The van der Waals surface area contributed by atoms with Crippen LogP contribution in [0.4, 0.5) is 10.5 Å². The van der Waals surface area contributed by atoms with Gasteiger partial charge < -0.3 is 19.9 Å². The van der Waals surface area contributed by atoms with Gasteiger partial charge in [0.05, 0.1) is 0 Å². The summed E-state index contributed by atoms with van der Waals surface area (Å²) >= 11 is 0. The first-order valence-electron chi connectivity index (χ1n) is 9.13. The molecule has 2 aromatic rings. The first-order valence-corrected chi connectivity index (χ1v) is 9.13. The minimum atomic E-state index is -0.342. The van der Waals surface area contributed by atoms with Crippen molar-refractivity contribution in [2.45, 2.75) is 18.9 Å². The first-order chi connectivity index (χ1) is 13.0. The molecule has 0 spiro atoms. The van der Waals surface area contributed by atoms with Crippen LogP contribution in [0.3, 0.4) is 0 Å². The fourth-order valence-corrected chi connectivity index (χ4v) is 3.04. The summed E-state index contributed by atoms with van der Waals surface area (Å²) in [7, 11) is 3.93. The maximum absolute atomic E-state index is 12.4. The highest BCUT2D eigenvalue weighted by atomic mass is 16.6. The van der Waals surface area contributed by atoms with E-state index in [1.54, 1.807) is 17.0 Å². The summed E-state index contributed by atoms with van der Waals surface area (Å²) in [5, 5.41) is 3.06. The van der Waals surface area contributed by atoms with Gasteiger partial charge in [-0.1, -0.05) is 18.2 Å². The number of likely N-dealkylation sites (tertiary alicyclic amines) is 1. The number of anilines is 1. The Hall–Kier alpha value is -3.02. The predicted octanol–water partition coefficient (Wildman–Crippen LogP) is 3.15. The number of amides is 2. The maximum Gasteiger partial charge on any atom is 0.415 e. The van der Waals surface area contributed by atoms with E-state index in [0.717, 1.165) is 5.69 Å².